The van der Waals surface area contributed by atoms with E-state index in [2.05, 4.69) is 22.4 Å². The van der Waals surface area contributed by atoms with E-state index >= 15 is 0 Å². The largest absolute Gasteiger partial charge is 0.361 e. The number of hydrogen-bond donors (Lipinski definition) is 2. The fraction of sp³-hybridized carbons (Fsp3) is 0.273. The number of H-pyrrole nitrogens is 1. The van der Waals surface area contributed by atoms with Crippen LogP contribution in [-0.2, 0) is 22.4 Å². The van der Waals surface area contributed by atoms with E-state index in [0.717, 1.165) is 29.6 Å². The Labute approximate surface area is 158 Å². The molecule has 1 saturated heterocycles. The number of para-hydroxylation sites is 2. The predicted molar refractivity (Wildman–Crippen MR) is 107 cm³/mol. The topological polar surface area (TPSA) is 65.2 Å². The first kappa shape index (κ1) is 17.5. The van der Waals surface area contributed by atoms with Crippen LogP contribution in [0.3, 0.4) is 0 Å². The number of imide groups is 1. The summed E-state index contributed by atoms with van der Waals surface area (Å²) in [7, 11) is 0. The van der Waals surface area contributed by atoms with Crippen molar-refractivity contribution in [2.24, 2.45) is 0 Å². The second-order valence-corrected chi connectivity index (χ2v) is 6.87. The van der Waals surface area contributed by atoms with Gasteiger partial charge in [-0.2, -0.15) is 0 Å². The van der Waals surface area contributed by atoms with Gasteiger partial charge in [-0.05, 0) is 36.1 Å². The molecule has 27 heavy (non-hydrogen) atoms. The summed E-state index contributed by atoms with van der Waals surface area (Å²) in [6, 6.07) is 15.3. The summed E-state index contributed by atoms with van der Waals surface area (Å²) in [5.41, 5.74) is 4.06. The van der Waals surface area contributed by atoms with Crippen molar-refractivity contribution >= 4 is 28.4 Å². The average Bonchev–Trinajstić information content (AvgIpc) is 3.23. The third-order valence-electron chi connectivity index (χ3n) is 5.22. The van der Waals surface area contributed by atoms with Crippen molar-refractivity contribution in [3.8, 4) is 0 Å². The molecule has 1 aliphatic heterocycles. The highest BCUT2D eigenvalue weighted by molar-refractivity contribution is 6.22. The fourth-order valence-electron chi connectivity index (χ4n) is 3.79. The number of benzene rings is 2. The molecule has 1 fully saturated rings. The molecule has 5 nitrogen and oxygen atoms in total. The van der Waals surface area contributed by atoms with Gasteiger partial charge >= 0.3 is 0 Å². The van der Waals surface area contributed by atoms with Crippen molar-refractivity contribution in [1.29, 1.82) is 0 Å². The highest BCUT2D eigenvalue weighted by Crippen LogP contribution is 2.27. The quantitative estimate of drug-likeness (QED) is 0.663. The average molecular weight is 361 g/mol. The van der Waals surface area contributed by atoms with E-state index in [1.807, 2.05) is 49.5 Å². The molecule has 3 aromatic rings. The van der Waals surface area contributed by atoms with E-state index in [-0.39, 0.29) is 18.2 Å². The Morgan fingerprint density at radius 1 is 1.07 bits per heavy atom. The summed E-state index contributed by atoms with van der Waals surface area (Å²) < 4.78 is 0. The molecular weight excluding hydrogens is 338 g/mol. The third kappa shape index (κ3) is 3.26. The molecule has 0 saturated carbocycles. The van der Waals surface area contributed by atoms with Crippen LogP contribution in [0.4, 0.5) is 5.69 Å². The van der Waals surface area contributed by atoms with Crippen LogP contribution in [-0.4, -0.2) is 29.4 Å². The highest BCUT2D eigenvalue weighted by Gasteiger charge is 2.39. The SMILES string of the molecule is CCc1ccccc1N1C(=O)CC(NCCc2c[nH]c3ccccc23)C1=O. The van der Waals surface area contributed by atoms with E-state index in [0.29, 0.717) is 6.54 Å². The van der Waals surface area contributed by atoms with Crippen molar-refractivity contribution in [2.75, 3.05) is 11.4 Å². The molecule has 5 heteroatoms. The second kappa shape index (κ2) is 7.37. The number of nitrogens with zero attached hydrogens (tertiary/aromatic N) is 1. The molecule has 2 heterocycles. The Hall–Kier alpha value is -2.92. The molecular formula is C22H23N3O2. The lowest BCUT2D eigenvalue weighted by Gasteiger charge is -2.18. The Morgan fingerprint density at radius 2 is 1.85 bits per heavy atom. The second-order valence-electron chi connectivity index (χ2n) is 6.87. The van der Waals surface area contributed by atoms with E-state index in [9.17, 15) is 9.59 Å². The zero-order valence-corrected chi connectivity index (χ0v) is 15.4. The third-order valence-corrected chi connectivity index (χ3v) is 5.22. The van der Waals surface area contributed by atoms with Crippen LogP contribution in [0.5, 0.6) is 0 Å². The number of carbonyl (C=O) groups is 2. The minimum absolute atomic E-state index is 0.134. The number of nitrogens with one attached hydrogen (secondary N) is 2. The molecule has 4 rings (SSSR count). The number of aromatic nitrogens is 1. The van der Waals surface area contributed by atoms with Gasteiger partial charge < -0.3 is 10.3 Å². The van der Waals surface area contributed by atoms with Gasteiger partial charge in [-0.25, -0.2) is 4.90 Å². The summed E-state index contributed by atoms with van der Waals surface area (Å²) in [5.74, 6) is -0.287. The van der Waals surface area contributed by atoms with Crippen LogP contribution >= 0.6 is 0 Å². The van der Waals surface area contributed by atoms with Gasteiger partial charge in [-0.15, -0.1) is 0 Å². The number of anilines is 1. The molecule has 0 bridgehead atoms. The maximum absolute atomic E-state index is 12.8. The van der Waals surface area contributed by atoms with Crippen molar-refractivity contribution in [2.45, 2.75) is 32.2 Å². The molecule has 0 spiro atoms. The lowest BCUT2D eigenvalue weighted by atomic mass is 10.1. The number of rotatable bonds is 6. The van der Waals surface area contributed by atoms with Gasteiger partial charge in [-0.1, -0.05) is 43.3 Å². The van der Waals surface area contributed by atoms with Gasteiger partial charge in [0, 0.05) is 23.6 Å². The summed E-state index contributed by atoms with van der Waals surface area (Å²) in [5, 5.41) is 4.48. The molecule has 138 valence electrons. The summed E-state index contributed by atoms with van der Waals surface area (Å²) in [6.45, 7) is 2.68. The maximum Gasteiger partial charge on any atom is 0.251 e. The molecule has 1 atom stereocenters. The maximum atomic E-state index is 12.8. The number of fused-ring (bicyclic) bond motifs is 1. The first-order chi connectivity index (χ1) is 13.2. The lowest BCUT2D eigenvalue weighted by molar-refractivity contribution is -0.121. The number of amides is 2. The van der Waals surface area contributed by atoms with Crippen LogP contribution < -0.4 is 10.2 Å². The molecule has 0 aliphatic carbocycles. The smallest absolute Gasteiger partial charge is 0.251 e. The fourth-order valence-corrected chi connectivity index (χ4v) is 3.79. The number of aromatic amines is 1. The van der Waals surface area contributed by atoms with Crippen molar-refractivity contribution in [3.63, 3.8) is 0 Å². The van der Waals surface area contributed by atoms with E-state index in [1.165, 1.54) is 15.8 Å². The molecule has 2 N–H and O–H groups in total. The van der Waals surface area contributed by atoms with Crippen molar-refractivity contribution in [1.82, 2.24) is 10.3 Å². The minimum Gasteiger partial charge on any atom is -0.361 e. The zero-order chi connectivity index (χ0) is 18.8. The first-order valence-corrected chi connectivity index (χ1v) is 9.42. The number of aryl methyl sites for hydroxylation is 1. The van der Waals surface area contributed by atoms with Crippen LogP contribution in [0.1, 0.15) is 24.5 Å². The molecule has 0 radical (unpaired) electrons. The highest BCUT2D eigenvalue weighted by atomic mass is 16.2. The summed E-state index contributed by atoms with van der Waals surface area (Å²) in [4.78, 5) is 29.9. The first-order valence-electron chi connectivity index (χ1n) is 9.42. The number of carbonyl (C=O) groups excluding carboxylic acids is 2. The molecule has 1 aliphatic rings. The predicted octanol–water partition coefficient (Wildman–Crippen LogP) is 3.19. The van der Waals surface area contributed by atoms with Gasteiger partial charge in [0.05, 0.1) is 18.2 Å². The Balaban J connectivity index is 1.43. The van der Waals surface area contributed by atoms with Crippen LogP contribution in [0, 0.1) is 0 Å². The van der Waals surface area contributed by atoms with Crippen LogP contribution in [0.2, 0.25) is 0 Å². The van der Waals surface area contributed by atoms with Crippen LogP contribution in [0.25, 0.3) is 10.9 Å². The Kier molecular flexibility index (Phi) is 4.77. The molecule has 2 aromatic carbocycles. The van der Waals surface area contributed by atoms with Gasteiger partial charge in [-0.3, -0.25) is 9.59 Å². The normalized spacial score (nSPS) is 17.2. The van der Waals surface area contributed by atoms with Crippen LogP contribution in [0.15, 0.2) is 54.7 Å². The number of hydrogen-bond acceptors (Lipinski definition) is 3. The zero-order valence-electron chi connectivity index (χ0n) is 15.4. The van der Waals surface area contributed by atoms with Gasteiger partial charge in [0.25, 0.3) is 5.91 Å². The lowest BCUT2D eigenvalue weighted by Crippen LogP contribution is -2.39. The Morgan fingerprint density at radius 3 is 2.70 bits per heavy atom. The van der Waals surface area contributed by atoms with Gasteiger partial charge in [0.2, 0.25) is 5.91 Å². The van der Waals surface area contributed by atoms with E-state index in [1.54, 1.807) is 0 Å². The Bertz CT molecular complexity index is 992. The van der Waals surface area contributed by atoms with Crippen molar-refractivity contribution < 1.29 is 9.59 Å². The molecule has 1 aromatic heterocycles. The molecule has 2 amide bonds. The summed E-state index contributed by atoms with van der Waals surface area (Å²) >= 11 is 0. The van der Waals surface area contributed by atoms with E-state index in [4.69, 9.17) is 0 Å². The standard InChI is InChI=1S/C22H23N3O2/c1-2-15-7-3-6-10-20(15)25-21(26)13-19(22(25)27)23-12-11-16-14-24-18-9-5-4-8-17(16)18/h3-10,14,19,23-24H,2,11-13H2,1H3. The van der Waals surface area contributed by atoms with E-state index < -0.39 is 6.04 Å². The van der Waals surface area contributed by atoms with Gasteiger partial charge in [0.1, 0.15) is 0 Å². The minimum atomic E-state index is -0.451. The summed E-state index contributed by atoms with van der Waals surface area (Å²) in [6.07, 6.45) is 3.81. The van der Waals surface area contributed by atoms with Gasteiger partial charge in [0.15, 0.2) is 0 Å². The molecule has 1 unspecified atom stereocenters. The monoisotopic (exact) mass is 361 g/mol. The van der Waals surface area contributed by atoms with Crippen molar-refractivity contribution in [3.05, 3.63) is 65.9 Å².